The van der Waals surface area contributed by atoms with Gasteiger partial charge >= 0.3 is 0 Å². The number of nitrogens with zero attached hydrogens (tertiary/aromatic N) is 1. The van der Waals surface area contributed by atoms with E-state index in [2.05, 4.69) is 4.98 Å². The first-order chi connectivity index (χ1) is 6.81. The standard InChI is InChI=1S/C11H10N2O/c1-14-11(12)9-4-5-10-8(7-9)3-2-6-13-10/h2-7,12H,1H3. The van der Waals surface area contributed by atoms with E-state index in [-0.39, 0.29) is 5.90 Å². The summed E-state index contributed by atoms with van der Waals surface area (Å²) < 4.78 is 4.85. The second kappa shape index (κ2) is 3.46. The summed E-state index contributed by atoms with van der Waals surface area (Å²) in [7, 11) is 1.50. The fourth-order valence-electron chi connectivity index (χ4n) is 1.33. The van der Waals surface area contributed by atoms with Gasteiger partial charge in [0.15, 0.2) is 0 Å². The SMILES string of the molecule is COC(=N)c1ccc2ncccc2c1. The van der Waals surface area contributed by atoms with Gasteiger partial charge in [-0.1, -0.05) is 6.07 Å². The Hall–Kier alpha value is -1.90. The number of rotatable bonds is 1. The summed E-state index contributed by atoms with van der Waals surface area (Å²) in [6, 6.07) is 9.46. The summed E-state index contributed by atoms with van der Waals surface area (Å²) in [5, 5.41) is 8.53. The molecule has 70 valence electrons. The Morgan fingerprint density at radius 2 is 2.21 bits per heavy atom. The topological polar surface area (TPSA) is 46.0 Å². The van der Waals surface area contributed by atoms with Crippen molar-refractivity contribution in [3.05, 3.63) is 42.1 Å². The van der Waals surface area contributed by atoms with Crippen molar-refractivity contribution < 1.29 is 4.74 Å². The summed E-state index contributed by atoms with van der Waals surface area (Å²) in [6.07, 6.45) is 1.75. The lowest BCUT2D eigenvalue weighted by atomic mass is 10.1. The van der Waals surface area contributed by atoms with E-state index >= 15 is 0 Å². The van der Waals surface area contributed by atoms with E-state index < -0.39 is 0 Å². The molecule has 1 aromatic carbocycles. The number of ether oxygens (including phenoxy) is 1. The third kappa shape index (κ3) is 1.44. The first-order valence-corrected chi connectivity index (χ1v) is 4.29. The molecular weight excluding hydrogens is 176 g/mol. The number of nitrogens with one attached hydrogen (secondary N) is 1. The largest absolute Gasteiger partial charge is 0.481 e. The summed E-state index contributed by atoms with van der Waals surface area (Å²) >= 11 is 0. The van der Waals surface area contributed by atoms with Gasteiger partial charge in [0.1, 0.15) is 0 Å². The summed E-state index contributed by atoms with van der Waals surface area (Å²) in [5.74, 6) is 0.177. The van der Waals surface area contributed by atoms with E-state index in [1.807, 2.05) is 30.3 Å². The zero-order valence-corrected chi connectivity index (χ0v) is 7.82. The molecule has 0 saturated heterocycles. The Kier molecular flexibility index (Phi) is 2.14. The maximum atomic E-state index is 7.51. The zero-order valence-electron chi connectivity index (χ0n) is 7.82. The highest BCUT2D eigenvalue weighted by molar-refractivity contribution is 5.95. The molecule has 0 spiro atoms. The lowest BCUT2D eigenvalue weighted by Crippen LogP contribution is -2.00. The normalized spacial score (nSPS) is 10.1. The van der Waals surface area contributed by atoms with E-state index in [4.69, 9.17) is 10.1 Å². The average Bonchev–Trinajstić information content (AvgIpc) is 2.27. The van der Waals surface area contributed by atoms with Crippen LogP contribution in [0.5, 0.6) is 0 Å². The van der Waals surface area contributed by atoms with Gasteiger partial charge < -0.3 is 4.74 Å². The van der Waals surface area contributed by atoms with Crippen molar-refractivity contribution in [3.8, 4) is 0 Å². The molecule has 14 heavy (non-hydrogen) atoms. The number of hydrogen-bond donors (Lipinski definition) is 1. The minimum absolute atomic E-state index is 0.177. The molecule has 0 bridgehead atoms. The fourth-order valence-corrected chi connectivity index (χ4v) is 1.33. The third-order valence-corrected chi connectivity index (χ3v) is 2.07. The molecule has 1 heterocycles. The predicted molar refractivity (Wildman–Crippen MR) is 55.6 cm³/mol. The molecule has 0 aliphatic rings. The Balaban J connectivity index is 2.56. The average molecular weight is 186 g/mol. The highest BCUT2D eigenvalue weighted by atomic mass is 16.5. The number of benzene rings is 1. The van der Waals surface area contributed by atoms with Crippen LogP contribution < -0.4 is 0 Å². The van der Waals surface area contributed by atoms with Crippen molar-refractivity contribution in [2.24, 2.45) is 0 Å². The van der Waals surface area contributed by atoms with Crippen molar-refractivity contribution >= 4 is 16.8 Å². The van der Waals surface area contributed by atoms with Crippen LogP contribution in [0.3, 0.4) is 0 Å². The highest BCUT2D eigenvalue weighted by Crippen LogP contribution is 2.13. The molecule has 1 N–H and O–H groups in total. The molecular formula is C11H10N2O. The summed E-state index contributed by atoms with van der Waals surface area (Å²) in [5.41, 5.74) is 1.70. The maximum absolute atomic E-state index is 7.51. The molecule has 0 fully saturated rings. The van der Waals surface area contributed by atoms with Crippen molar-refractivity contribution in [1.29, 1.82) is 5.41 Å². The van der Waals surface area contributed by atoms with Crippen LogP contribution in [0.4, 0.5) is 0 Å². The molecule has 2 rings (SSSR count). The van der Waals surface area contributed by atoms with Gasteiger partial charge in [-0.25, -0.2) is 0 Å². The van der Waals surface area contributed by atoms with Crippen LogP contribution in [0.2, 0.25) is 0 Å². The summed E-state index contributed by atoms with van der Waals surface area (Å²) in [6.45, 7) is 0. The molecule has 1 aromatic heterocycles. The van der Waals surface area contributed by atoms with Crippen LogP contribution in [0.25, 0.3) is 10.9 Å². The van der Waals surface area contributed by atoms with Crippen LogP contribution in [0, 0.1) is 5.41 Å². The van der Waals surface area contributed by atoms with E-state index in [0.29, 0.717) is 0 Å². The smallest absolute Gasteiger partial charge is 0.212 e. The van der Waals surface area contributed by atoms with Crippen LogP contribution in [0.1, 0.15) is 5.56 Å². The Bertz CT molecular complexity index is 479. The van der Waals surface area contributed by atoms with Gasteiger partial charge in [0, 0.05) is 17.1 Å². The van der Waals surface area contributed by atoms with Gasteiger partial charge in [-0.3, -0.25) is 10.4 Å². The van der Waals surface area contributed by atoms with E-state index in [9.17, 15) is 0 Å². The number of pyridine rings is 1. The molecule has 0 saturated carbocycles. The molecule has 0 aliphatic heterocycles. The van der Waals surface area contributed by atoms with Crippen LogP contribution in [-0.4, -0.2) is 18.0 Å². The van der Waals surface area contributed by atoms with E-state index in [0.717, 1.165) is 16.5 Å². The van der Waals surface area contributed by atoms with Gasteiger partial charge in [0.2, 0.25) is 5.90 Å². The Labute approximate surface area is 81.9 Å². The molecule has 0 unspecified atom stereocenters. The summed E-state index contributed by atoms with van der Waals surface area (Å²) in [4.78, 5) is 4.20. The van der Waals surface area contributed by atoms with Crippen molar-refractivity contribution in [3.63, 3.8) is 0 Å². The molecule has 0 aliphatic carbocycles. The lowest BCUT2D eigenvalue weighted by molar-refractivity contribution is 0.401. The number of aromatic nitrogens is 1. The first kappa shape index (κ1) is 8.69. The van der Waals surface area contributed by atoms with E-state index in [1.54, 1.807) is 6.20 Å². The second-order valence-corrected chi connectivity index (χ2v) is 2.94. The predicted octanol–water partition coefficient (Wildman–Crippen LogP) is 2.21. The monoisotopic (exact) mass is 186 g/mol. The number of methoxy groups -OCH3 is 1. The quantitative estimate of drug-likeness (QED) is 0.548. The van der Waals surface area contributed by atoms with Crippen molar-refractivity contribution in [1.82, 2.24) is 4.98 Å². The highest BCUT2D eigenvalue weighted by Gasteiger charge is 2.01. The molecule has 3 heteroatoms. The minimum atomic E-state index is 0.177. The number of fused-ring (bicyclic) bond motifs is 1. The van der Waals surface area contributed by atoms with Gasteiger partial charge in [0.25, 0.3) is 0 Å². The molecule has 0 radical (unpaired) electrons. The minimum Gasteiger partial charge on any atom is -0.481 e. The maximum Gasteiger partial charge on any atom is 0.212 e. The molecule has 3 nitrogen and oxygen atoms in total. The van der Waals surface area contributed by atoms with Gasteiger partial charge in [-0.15, -0.1) is 0 Å². The van der Waals surface area contributed by atoms with Crippen molar-refractivity contribution in [2.75, 3.05) is 7.11 Å². The number of hydrogen-bond acceptors (Lipinski definition) is 3. The third-order valence-electron chi connectivity index (χ3n) is 2.07. The van der Waals surface area contributed by atoms with Crippen LogP contribution >= 0.6 is 0 Å². The first-order valence-electron chi connectivity index (χ1n) is 4.29. The lowest BCUT2D eigenvalue weighted by Gasteiger charge is -2.03. The van der Waals surface area contributed by atoms with Crippen molar-refractivity contribution in [2.45, 2.75) is 0 Å². The molecule has 0 atom stereocenters. The zero-order chi connectivity index (χ0) is 9.97. The van der Waals surface area contributed by atoms with Gasteiger partial charge in [-0.05, 0) is 24.3 Å². The molecule has 2 aromatic rings. The molecule has 0 amide bonds. The van der Waals surface area contributed by atoms with Crippen LogP contribution in [-0.2, 0) is 4.74 Å². The second-order valence-electron chi connectivity index (χ2n) is 2.94. The Morgan fingerprint density at radius 1 is 1.36 bits per heavy atom. The van der Waals surface area contributed by atoms with Gasteiger partial charge in [-0.2, -0.15) is 0 Å². The fraction of sp³-hybridized carbons (Fsp3) is 0.0909. The van der Waals surface area contributed by atoms with E-state index in [1.165, 1.54) is 7.11 Å². The van der Waals surface area contributed by atoms with Gasteiger partial charge in [0.05, 0.1) is 12.6 Å². The van der Waals surface area contributed by atoms with Crippen LogP contribution in [0.15, 0.2) is 36.5 Å². The Morgan fingerprint density at radius 3 is 3.00 bits per heavy atom.